The maximum Gasteiger partial charge on any atom is 0.227 e. The van der Waals surface area contributed by atoms with E-state index in [9.17, 15) is 4.79 Å². The third-order valence-corrected chi connectivity index (χ3v) is 5.68. The van der Waals surface area contributed by atoms with Gasteiger partial charge in [-0.05, 0) is 48.9 Å². The highest BCUT2D eigenvalue weighted by molar-refractivity contribution is 5.81. The summed E-state index contributed by atoms with van der Waals surface area (Å²) in [4.78, 5) is 14.5. The molecule has 1 saturated carbocycles. The highest BCUT2D eigenvalue weighted by Crippen LogP contribution is 2.53. The quantitative estimate of drug-likeness (QED) is 0.640. The fourth-order valence-electron chi connectivity index (χ4n) is 4.06. The average molecular weight is 279 g/mol. The van der Waals surface area contributed by atoms with E-state index in [1.165, 1.54) is 32.1 Å². The first kappa shape index (κ1) is 15.9. The number of carbonyl (C=O) groups excluding carboxylic acids is 1. The molecule has 1 spiro atoms. The van der Waals surface area contributed by atoms with Crippen LogP contribution in [0.4, 0.5) is 0 Å². The number of rotatable bonds is 0. The van der Waals surface area contributed by atoms with Crippen molar-refractivity contribution in [2.45, 2.75) is 73.6 Å². The zero-order chi connectivity index (χ0) is 15.2. The fraction of sp³-hybridized carbons (Fsp3) is 0.944. The Bertz CT molecular complexity index is 364. The summed E-state index contributed by atoms with van der Waals surface area (Å²) in [7, 11) is 0. The summed E-state index contributed by atoms with van der Waals surface area (Å²) in [5.41, 5.74) is 0.766. The van der Waals surface area contributed by atoms with E-state index in [4.69, 9.17) is 0 Å². The Labute approximate surface area is 125 Å². The molecular formula is C18H33NO. The lowest BCUT2D eigenvalue weighted by Gasteiger charge is -2.42. The molecular weight excluding hydrogens is 246 g/mol. The van der Waals surface area contributed by atoms with Gasteiger partial charge in [-0.3, -0.25) is 4.79 Å². The van der Waals surface area contributed by atoms with E-state index in [1.807, 2.05) is 20.8 Å². The number of amides is 1. The molecule has 2 rings (SSSR count). The van der Waals surface area contributed by atoms with Crippen LogP contribution in [-0.2, 0) is 4.79 Å². The lowest BCUT2D eigenvalue weighted by molar-refractivity contribution is -0.141. The van der Waals surface area contributed by atoms with Gasteiger partial charge < -0.3 is 4.90 Å². The van der Waals surface area contributed by atoms with E-state index < -0.39 is 0 Å². The van der Waals surface area contributed by atoms with Crippen molar-refractivity contribution in [1.82, 2.24) is 4.90 Å². The lowest BCUT2D eigenvalue weighted by Crippen LogP contribution is -2.46. The van der Waals surface area contributed by atoms with Gasteiger partial charge in [0.15, 0.2) is 0 Å². The van der Waals surface area contributed by atoms with E-state index in [1.54, 1.807) is 0 Å². The van der Waals surface area contributed by atoms with Crippen molar-refractivity contribution < 1.29 is 4.79 Å². The van der Waals surface area contributed by atoms with Crippen molar-refractivity contribution in [3.05, 3.63) is 0 Å². The predicted octanol–water partition coefficient (Wildman–Crippen LogP) is 4.49. The number of carbonyl (C=O) groups is 1. The molecule has 20 heavy (non-hydrogen) atoms. The molecule has 1 saturated heterocycles. The third-order valence-electron chi connectivity index (χ3n) is 5.68. The van der Waals surface area contributed by atoms with Gasteiger partial charge in [0, 0.05) is 18.5 Å². The van der Waals surface area contributed by atoms with Gasteiger partial charge in [-0.2, -0.15) is 0 Å². The molecule has 0 bridgehead atoms. The molecule has 2 fully saturated rings. The van der Waals surface area contributed by atoms with Crippen molar-refractivity contribution in [3.63, 3.8) is 0 Å². The van der Waals surface area contributed by atoms with E-state index in [0.717, 1.165) is 19.0 Å². The minimum Gasteiger partial charge on any atom is -0.342 e. The second kappa shape index (κ2) is 5.03. The Morgan fingerprint density at radius 3 is 1.95 bits per heavy atom. The highest BCUT2D eigenvalue weighted by Gasteiger charge is 2.45. The molecule has 116 valence electrons. The molecule has 1 amide bonds. The minimum absolute atomic E-state index is 0.228. The standard InChI is InChI=1S/C18H33NO/c1-16(2,3)14-7-8-18(13-14)9-11-19(12-10-18)15(20)17(4,5)6/h14H,7-13H2,1-6H3. The molecule has 2 heteroatoms. The molecule has 0 aromatic heterocycles. The van der Waals surface area contributed by atoms with Crippen LogP contribution < -0.4 is 0 Å². The Kier molecular flexibility index (Phi) is 3.99. The SMILES string of the molecule is CC(C)(C)C(=O)N1CCC2(CCC(C(C)(C)C)C2)CC1. The maximum atomic E-state index is 12.4. The van der Waals surface area contributed by atoms with Crippen molar-refractivity contribution >= 4 is 5.91 Å². The van der Waals surface area contributed by atoms with Crippen molar-refractivity contribution in [2.24, 2.45) is 22.2 Å². The molecule has 1 aliphatic heterocycles. The summed E-state index contributed by atoms with van der Waals surface area (Å²) in [5, 5.41) is 0. The third kappa shape index (κ3) is 3.20. The predicted molar refractivity (Wildman–Crippen MR) is 84.5 cm³/mol. The van der Waals surface area contributed by atoms with Crippen LogP contribution in [0.2, 0.25) is 0 Å². The first-order valence-electron chi connectivity index (χ1n) is 8.33. The van der Waals surface area contributed by atoms with Gasteiger partial charge >= 0.3 is 0 Å². The Hall–Kier alpha value is -0.530. The van der Waals surface area contributed by atoms with Gasteiger partial charge in [-0.15, -0.1) is 0 Å². The summed E-state index contributed by atoms with van der Waals surface area (Å²) in [5.74, 6) is 1.20. The lowest BCUT2D eigenvalue weighted by atomic mass is 9.72. The summed E-state index contributed by atoms with van der Waals surface area (Å²) < 4.78 is 0. The number of hydrogen-bond donors (Lipinski definition) is 0. The van der Waals surface area contributed by atoms with Crippen LogP contribution in [0.1, 0.15) is 73.6 Å². The summed E-state index contributed by atoms with van der Waals surface area (Å²) in [6, 6.07) is 0. The number of piperidine rings is 1. The van der Waals surface area contributed by atoms with Crippen LogP contribution in [-0.4, -0.2) is 23.9 Å². The van der Waals surface area contributed by atoms with E-state index in [-0.39, 0.29) is 5.41 Å². The average Bonchev–Trinajstić information content (AvgIpc) is 2.72. The molecule has 0 aromatic carbocycles. The Morgan fingerprint density at radius 2 is 1.55 bits per heavy atom. The van der Waals surface area contributed by atoms with Crippen molar-refractivity contribution in [2.75, 3.05) is 13.1 Å². The van der Waals surface area contributed by atoms with Gasteiger partial charge in [-0.1, -0.05) is 41.5 Å². The molecule has 0 aromatic rings. The molecule has 1 heterocycles. The molecule has 1 aliphatic carbocycles. The van der Waals surface area contributed by atoms with E-state index in [0.29, 0.717) is 16.7 Å². The normalized spacial score (nSPS) is 27.1. The van der Waals surface area contributed by atoms with Crippen molar-refractivity contribution in [1.29, 1.82) is 0 Å². The van der Waals surface area contributed by atoms with Gasteiger partial charge in [-0.25, -0.2) is 0 Å². The molecule has 1 unspecified atom stereocenters. The highest BCUT2D eigenvalue weighted by atomic mass is 16.2. The van der Waals surface area contributed by atoms with Crippen LogP contribution in [0.25, 0.3) is 0 Å². The second-order valence-corrected chi connectivity index (χ2v) is 9.35. The summed E-state index contributed by atoms with van der Waals surface area (Å²) >= 11 is 0. The van der Waals surface area contributed by atoms with Crippen LogP contribution in [0.15, 0.2) is 0 Å². The van der Waals surface area contributed by atoms with E-state index >= 15 is 0 Å². The smallest absolute Gasteiger partial charge is 0.227 e. The number of hydrogen-bond acceptors (Lipinski definition) is 1. The van der Waals surface area contributed by atoms with E-state index in [2.05, 4.69) is 25.7 Å². The van der Waals surface area contributed by atoms with Gasteiger partial charge in [0.25, 0.3) is 0 Å². The van der Waals surface area contributed by atoms with Crippen molar-refractivity contribution in [3.8, 4) is 0 Å². The van der Waals surface area contributed by atoms with Gasteiger partial charge in [0.05, 0.1) is 0 Å². The van der Waals surface area contributed by atoms with Gasteiger partial charge in [0.2, 0.25) is 5.91 Å². The Balaban J connectivity index is 1.94. The van der Waals surface area contributed by atoms with Gasteiger partial charge in [0.1, 0.15) is 0 Å². The molecule has 2 aliphatic rings. The molecule has 0 radical (unpaired) electrons. The zero-order valence-corrected chi connectivity index (χ0v) is 14.4. The molecule has 2 nitrogen and oxygen atoms in total. The Morgan fingerprint density at radius 1 is 1.00 bits per heavy atom. The first-order valence-corrected chi connectivity index (χ1v) is 8.33. The maximum absolute atomic E-state index is 12.4. The number of nitrogens with zero attached hydrogens (tertiary/aromatic N) is 1. The molecule has 0 N–H and O–H groups in total. The van der Waals surface area contributed by atoms with Crippen LogP contribution in [0.3, 0.4) is 0 Å². The number of likely N-dealkylation sites (tertiary alicyclic amines) is 1. The topological polar surface area (TPSA) is 20.3 Å². The van der Waals surface area contributed by atoms with Crippen LogP contribution in [0, 0.1) is 22.2 Å². The second-order valence-electron chi connectivity index (χ2n) is 9.35. The van der Waals surface area contributed by atoms with Crippen LogP contribution in [0.5, 0.6) is 0 Å². The fourth-order valence-corrected chi connectivity index (χ4v) is 4.06. The monoisotopic (exact) mass is 279 g/mol. The minimum atomic E-state index is -0.228. The largest absolute Gasteiger partial charge is 0.342 e. The summed E-state index contributed by atoms with van der Waals surface area (Å²) in [6.07, 6.45) is 6.60. The summed E-state index contributed by atoms with van der Waals surface area (Å²) in [6.45, 7) is 15.2. The first-order chi connectivity index (χ1) is 9.04. The van der Waals surface area contributed by atoms with Crippen LogP contribution >= 0.6 is 0 Å². The molecule has 1 atom stereocenters. The zero-order valence-electron chi connectivity index (χ0n) is 14.4.